The van der Waals surface area contributed by atoms with Crippen LogP contribution in [-0.2, 0) is 0 Å². The van der Waals surface area contributed by atoms with Gasteiger partial charge in [-0.05, 0) is 49.2 Å². The van der Waals surface area contributed by atoms with Crippen LogP contribution in [0.3, 0.4) is 0 Å². The summed E-state index contributed by atoms with van der Waals surface area (Å²) in [6.45, 7) is 6.01. The second-order valence-electron chi connectivity index (χ2n) is 6.10. The molecule has 0 saturated heterocycles. The molecule has 0 saturated carbocycles. The van der Waals surface area contributed by atoms with Crippen LogP contribution in [0.15, 0.2) is 42.5 Å². The number of carbonyl (C=O) groups is 3. The summed E-state index contributed by atoms with van der Waals surface area (Å²) in [5.74, 6) is -0.448. The Hall–Kier alpha value is -3.02. The first-order valence-electron chi connectivity index (χ1n) is 8.04. The molecular formula is C19H21N3O3. The van der Waals surface area contributed by atoms with Gasteiger partial charge in [-0.3, -0.25) is 14.4 Å². The van der Waals surface area contributed by atoms with Gasteiger partial charge in [0.05, 0.1) is 0 Å². The van der Waals surface area contributed by atoms with Gasteiger partial charge >= 0.3 is 0 Å². The largest absolute Gasteiger partial charge is 0.350 e. The lowest BCUT2D eigenvalue weighted by atomic mass is 10.1. The van der Waals surface area contributed by atoms with Crippen LogP contribution in [0.4, 0.5) is 5.69 Å². The van der Waals surface area contributed by atoms with Gasteiger partial charge < -0.3 is 10.6 Å². The molecule has 0 spiro atoms. The van der Waals surface area contributed by atoms with E-state index >= 15 is 0 Å². The standard InChI is InChI=1S/C19H21N3O3/c1-12(2)11-20-18(24)16-5-4-6-17(22-16)19(25)21-15-9-7-14(8-10-15)13(3)23/h4-10,12H,11H2,1-3H3,(H,20,24)(H,21,25). The number of nitrogens with one attached hydrogen (secondary N) is 2. The summed E-state index contributed by atoms with van der Waals surface area (Å²) in [5, 5.41) is 5.46. The van der Waals surface area contributed by atoms with Crippen molar-refractivity contribution in [3.63, 3.8) is 0 Å². The van der Waals surface area contributed by atoms with Crippen LogP contribution >= 0.6 is 0 Å². The highest BCUT2D eigenvalue weighted by atomic mass is 16.2. The summed E-state index contributed by atoms with van der Waals surface area (Å²) in [4.78, 5) is 39.7. The third-order valence-corrected chi connectivity index (χ3v) is 3.43. The Morgan fingerprint density at radius 2 is 1.56 bits per heavy atom. The van der Waals surface area contributed by atoms with Crippen LogP contribution in [0.2, 0.25) is 0 Å². The molecule has 2 N–H and O–H groups in total. The van der Waals surface area contributed by atoms with Crippen molar-refractivity contribution >= 4 is 23.3 Å². The molecule has 0 unspecified atom stereocenters. The first-order chi connectivity index (χ1) is 11.9. The van der Waals surface area contributed by atoms with Gasteiger partial charge in [0, 0.05) is 17.8 Å². The fourth-order valence-corrected chi connectivity index (χ4v) is 2.06. The zero-order chi connectivity index (χ0) is 18.4. The number of hydrogen-bond donors (Lipinski definition) is 2. The highest BCUT2D eigenvalue weighted by Crippen LogP contribution is 2.11. The minimum atomic E-state index is -0.422. The molecule has 2 rings (SSSR count). The number of aromatic nitrogens is 1. The summed E-state index contributed by atoms with van der Waals surface area (Å²) in [7, 11) is 0. The minimum Gasteiger partial charge on any atom is -0.350 e. The molecule has 0 aliphatic carbocycles. The highest BCUT2D eigenvalue weighted by molar-refractivity contribution is 6.04. The van der Waals surface area contributed by atoms with Crippen molar-refractivity contribution in [1.82, 2.24) is 10.3 Å². The quantitative estimate of drug-likeness (QED) is 0.792. The number of rotatable bonds is 6. The molecule has 0 aliphatic rings. The molecule has 0 bridgehead atoms. The number of ketones is 1. The average molecular weight is 339 g/mol. The lowest BCUT2D eigenvalue weighted by Crippen LogP contribution is -2.28. The van der Waals surface area contributed by atoms with Crippen molar-refractivity contribution in [3.05, 3.63) is 59.4 Å². The van der Waals surface area contributed by atoms with E-state index in [4.69, 9.17) is 0 Å². The summed E-state index contributed by atoms with van der Waals surface area (Å²) in [6, 6.07) is 11.3. The third-order valence-electron chi connectivity index (χ3n) is 3.43. The molecule has 6 nitrogen and oxygen atoms in total. The molecule has 1 aromatic heterocycles. The lowest BCUT2D eigenvalue weighted by Gasteiger charge is -2.09. The number of carbonyl (C=O) groups excluding carboxylic acids is 3. The molecule has 1 aromatic carbocycles. The topological polar surface area (TPSA) is 88.2 Å². The predicted molar refractivity (Wildman–Crippen MR) is 95.8 cm³/mol. The van der Waals surface area contributed by atoms with Crippen molar-refractivity contribution in [1.29, 1.82) is 0 Å². The molecule has 2 amide bonds. The Bertz CT molecular complexity index is 783. The Kier molecular flexibility index (Phi) is 6.00. The van der Waals surface area contributed by atoms with Crippen molar-refractivity contribution in [2.45, 2.75) is 20.8 Å². The van der Waals surface area contributed by atoms with Crippen LogP contribution in [0.25, 0.3) is 0 Å². The zero-order valence-electron chi connectivity index (χ0n) is 14.5. The second-order valence-corrected chi connectivity index (χ2v) is 6.10. The van der Waals surface area contributed by atoms with E-state index in [2.05, 4.69) is 15.6 Å². The van der Waals surface area contributed by atoms with E-state index in [0.29, 0.717) is 23.7 Å². The maximum atomic E-state index is 12.3. The van der Waals surface area contributed by atoms with Gasteiger partial charge in [-0.25, -0.2) is 4.98 Å². The van der Waals surface area contributed by atoms with Crippen molar-refractivity contribution in [2.24, 2.45) is 5.92 Å². The Morgan fingerprint density at radius 1 is 0.960 bits per heavy atom. The molecule has 0 fully saturated rings. The molecule has 2 aromatic rings. The number of nitrogens with zero attached hydrogens (tertiary/aromatic N) is 1. The van der Waals surface area contributed by atoms with E-state index in [9.17, 15) is 14.4 Å². The van der Waals surface area contributed by atoms with Gasteiger partial charge in [-0.2, -0.15) is 0 Å². The molecule has 0 radical (unpaired) electrons. The summed E-state index contributed by atoms with van der Waals surface area (Å²) in [6.07, 6.45) is 0. The predicted octanol–water partition coefficient (Wildman–Crippen LogP) is 2.92. The Balaban J connectivity index is 2.07. The van der Waals surface area contributed by atoms with Crippen molar-refractivity contribution in [3.8, 4) is 0 Å². The fourth-order valence-electron chi connectivity index (χ4n) is 2.06. The van der Waals surface area contributed by atoms with Gasteiger partial charge in [-0.1, -0.05) is 19.9 Å². The number of hydrogen-bond acceptors (Lipinski definition) is 4. The van der Waals surface area contributed by atoms with Gasteiger partial charge in [0.2, 0.25) is 0 Å². The molecular weight excluding hydrogens is 318 g/mol. The van der Waals surface area contributed by atoms with Crippen LogP contribution in [0.5, 0.6) is 0 Å². The summed E-state index contributed by atoms with van der Waals surface area (Å²) in [5.41, 5.74) is 1.46. The zero-order valence-corrected chi connectivity index (χ0v) is 14.5. The third kappa shape index (κ3) is 5.24. The molecule has 0 atom stereocenters. The Labute approximate surface area is 146 Å². The number of amides is 2. The van der Waals surface area contributed by atoms with E-state index in [1.165, 1.54) is 6.92 Å². The van der Waals surface area contributed by atoms with Crippen LogP contribution in [-0.4, -0.2) is 29.1 Å². The number of anilines is 1. The molecule has 25 heavy (non-hydrogen) atoms. The maximum absolute atomic E-state index is 12.3. The number of benzene rings is 1. The van der Waals surface area contributed by atoms with Crippen LogP contribution in [0, 0.1) is 5.92 Å². The van der Waals surface area contributed by atoms with Gasteiger partial charge in [0.25, 0.3) is 11.8 Å². The second kappa shape index (κ2) is 8.19. The average Bonchev–Trinajstić information content (AvgIpc) is 2.60. The molecule has 6 heteroatoms. The van der Waals surface area contributed by atoms with E-state index < -0.39 is 5.91 Å². The fraction of sp³-hybridized carbons (Fsp3) is 0.263. The summed E-state index contributed by atoms with van der Waals surface area (Å²) >= 11 is 0. The van der Waals surface area contributed by atoms with Crippen molar-refractivity contribution < 1.29 is 14.4 Å². The Morgan fingerprint density at radius 3 is 2.12 bits per heavy atom. The van der Waals surface area contributed by atoms with Gasteiger partial charge in [-0.15, -0.1) is 0 Å². The monoisotopic (exact) mass is 339 g/mol. The highest BCUT2D eigenvalue weighted by Gasteiger charge is 2.13. The smallest absolute Gasteiger partial charge is 0.274 e. The normalized spacial score (nSPS) is 10.4. The molecule has 0 aliphatic heterocycles. The first kappa shape index (κ1) is 18.3. The van der Waals surface area contributed by atoms with Crippen LogP contribution in [0.1, 0.15) is 52.1 Å². The van der Waals surface area contributed by atoms with Crippen molar-refractivity contribution in [2.75, 3.05) is 11.9 Å². The summed E-state index contributed by atoms with van der Waals surface area (Å²) < 4.78 is 0. The van der Waals surface area contributed by atoms with E-state index in [0.717, 1.165) is 0 Å². The SMILES string of the molecule is CC(=O)c1ccc(NC(=O)c2cccc(C(=O)NCC(C)C)n2)cc1. The number of Topliss-reactive ketones (excluding diaryl/α,β-unsaturated/α-hetero) is 1. The molecule has 130 valence electrons. The first-order valence-corrected chi connectivity index (χ1v) is 8.04. The molecule has 1 heterocycles. The van der Waals surface area contributed by atoms with Gasteiger partial charge in [0.15, 0.2) is 5.78 Å². The van der Waals surface area contributed by atoms with Crippen LogP contribution < -0.4 is 10.6 Å². The minimum absolute atomic E-state index is 0.0420. The lowest BCUT2D eigenvalue weighted by molar-refractivity contribution is 0.0943. The van der Waals surface area contributed by atoms with E-state index in [1.807, 2.05) is 13.8 Å². The maximum Gasteiger partial charge on any atom is 0.274 e. The van der Waals surface area contributed by atoms with E-state index in [1.54, 1.807) is 42.5 Å². The van der Waals surface area contributed by atoms with Gasteiger partial charge in [0.1, 0.15) is 11.4 Å². The van der Waals surface area contributed by atoms with E-state index in [-0.39, 0.29) is 23.1 Å². The number of pyridine rings is 1.